The zero-order valence-electron chi connectivity index (χ0n) is 18.4. The Kier molecular flexibility index (Phi) is 4.73. The third kappa shape index (κ3) is 3.35. The van der Waals surface area contributed by atoms with Gasteiger partial charge in [-0.2, -0.15) is 5.10 Å². The number of nitrogens with one attached hydrogen (secondary N) is 2. The van der Waals surface area contributed by atoms with Crippen LogP contribution in [0.3, 0.4) is 0 Å². The number of rotatable bonds is 5. The van der Waals surface area contributed by atoms with E-state index < -0.39 is 21.6 Å². The maximum absolute atomic E-state index is 13.5. The zero-order chi connectivity index (χ0) is 23.5. The monoisotopic (exact) mass is 468 g/mol. The molecule has 10 nitrogen and oxygen atoms in total. The van der Waals surface area contributed by atoms with Crippen LogP contribution in [0.15, 0.2) is 41.6 Å². The van der Waals surface area contributed by atoms with Crippen molar-refractivity contribution in [2.24, 2.45) is 5.14 Å². The highest BCUT2D eigenvalue weighted by Crippen LogP contribution is 2.42. The first-order valence-corrected chi connectivity index (χ1v) is 12.0. The van der Waals surface area contributed by atoms with Gasteiger partial charge in [-0.3, -0.25) is 4.79 Å². The molecule has 2 aliphatic rings. The van der Waals surface area contributed by atoms with Crippen molar-refractivity contribution >= 4 is 21.5 Å². The lowest BCUT2D eigenvalue weighted by Crippen LogP contribution is -2.46. The number of pyridine rings is 1. The van der Waals surface area contributed by atoms with Gasteiger partial charge in [0.2, 0.25) is 17.9 Å². The van der Waals surface area contributed by atoms with E-state index in [1.54, 1.807) is 27.2 Å². The summed E-state index contributed by atoms with van der Waals surface area (Å²) in [4.78, 5) is 17.6. The molecule has 4 N–H and O–H groups in total. The summed E-state index contributed by atoms with van der Waals surface area (Å²) in [5.74, 6) is 0.196. The molecule has 0 radical (unpaired) electrons. The molecular formula is C22H24N6O4S. The molecule has 2 atom stereocenters. The van der Waals surface area contributed by atoms with E-state index in [0.717, 1.165) is 35.2 Å². The smallest absolute Gasteiger partial charge is 0.268 e. The molecule has 33 heavy (non-hydrogen) atoms. The van der Waals surface area contributed by atoms with Gasteiger partial charge in [-0.25, -0.2) is 23.8 Å². The Morgan fingerprint density at radius 3 is 2.82 bits per heavy atom. The van der Waals surface area contributed by atoms with Gasteiger partial charge >= 0.3 is 0 Å². The minimum absolute atomic E-state index is 0.0285. The van der Waals surface area contributed by atoms with Gasteiger partial charge in [-0.1, -0.05) is 12.1 Å². The molecule has 11 heteroatoms. The highest BCUT2D eigenvalue weighted by molar-refractivity contribution is 7.90. The van der Waals surface area contributed by atoms with Gasteiger partial charge in [0.05, 0.1) is 19.0 Å². The summed E-state index contributed by atoms with van der Waals surface area (Å²) < 4.78 is 32.5. The molecule has 3 heterocycles. The number of fused-ring (bicyclic) bond motifs is 2. The third-order valence-corrected chi connectivity index (χ3v) is 7.17. The average molecular weight is 469 g/mol. The van der Waals surface area contributed by atoms with Crippen molar-refractivity contribution in [2.75, 3.05) is 12.4 Å². The number of benzene rings is 1. The summed E-state index contributed by atoms with van der Waals surface area (Å²) in [6.45, 7) is 3.59. The SMILES string of the molecule is COc1cc(-c2ccc3c(c2NC(=O)C2Oc4c(S(=N)(N)=O)cnn4C2(C)C)CC3)ccn1. The van der Waals surface area contributed by atoms with Crippen molar-refractivity contribution in [1.82, 2.24) is 14.8 Å². The first-order chi connectivity index (χ1) is 15.6. The lowest BCUT2D eigenvalue weighted by Gasteiger charge is -2.28. The maximum Gasteiger partial charge on any atom is 0.268 e. The summed E-state index contributed by atoms with van der Waals surface area (Å²) in [5.41, 5.74) is 3.84. The molecule has 1 aromatic carbocycles. The number of hydrogen-bond acceptors (Lipinski definition) is 7. The van der Waals surface area contributed by atoms with Crippen molar-refractivity contribution in [3.63, 3.8) is 0 Å². The molecule has 2 unspecified atom stereocenters. The molecule has 1 amide bonds. The van der Waals surface area contributed by atoms with Crippen LogP contribution < -0.4 is 19.9 Å². The standard InChI is InChI=1S/C22H24N6O4S/c1-22(2)19(32-21-16(33(23,24)30)11-26-28(21)22)20(29)27-18-14-6-4-12(14)5-7-15(18)13-8-9-25-17(10-13)31-3/h5,7-11,19H,4,6H2,1-3H3,(H,27,29)(H3,23,24,30). The Morgan fingerprint density at radius 2 is 2.15 bits per heavy atom. The number of carbonyl (C=O) groups excluding carboxylic acids is 1. The first-order valence-electron chi connectivity index (χ1n) is 10.4. The molecule has 172 valence electrons. The van der Waals surface area contributed by atoms with E-state index >= 15 is 0 Å². The molecule has 0 saturated heterocycles. The van der Waals surface area contributed by atoms with Crippen molar-refractivity contribution in [1.29, 1.82) is 4.78 Å². The molecule has 5 rings (SSSR count). The first kappa shape index (κ1) is 21.4. The van der Waals surface area contributed by atoms with Gasteiger partial charge in [0.1, 0.15) is 20.3 Å². The summed E-state index contributed by atoms with van der Waals surface area (Å²) in [6.07, 6.45) is 3.77. The van der Waals surface area contributed by atoms with Crippen LogP contribution in [0, 0.1) is 4.78 Å². The van der Waals surface area contributed by atoms with Crippen LogP contribution in [0.1, 0.15) is 25.0 Å². The van der Waals surface area contributed by atoms with Crippen LogP contribution in [0.4, 0.5) is 5.69 Å². The van der Waals surface area contributed by atoms with Crippen LogP contribution in [-0.4, -0.2) is 38.1 Å². The lowest BCUT2D eigenvalue weighted by molar-refractivity contribution is -0.124. The van der Waals surface area contributed by atoms with E-state index in [1.165, 1.54) is 16.4 Å². The Morgan fingerprint density at radius 1 is 1.36 bits per heavy atom. The van der Waals surface area contributed by atoms with Gasteiger partial charge < -0.3 is 14.8 Å². The topological polar surface area (TPSA) is 145 Å². The fourth-order valence-corrected chi connectivity index (χ4v) is 4.94. The van der Waals surface area contributed by atoms with Crippen LogP contribution in [0.2, 0.25) is 0 Å². The molecular weight excluding hydrogens is 444 g/mol. The molecule has 0 fully saturated rings. The lowest BCUT2D eigenvalue weighted by atomic mass is 9.83. The van der Waals surface area contributed by atoms with E-state index in [2.05, 4.69) is 21.5 Å². The van der Waals surface area contributed by atoms with E-state index in [0.29, 0.717) is 5.88 Å². The van der Waals surface area contributed by atoms with E-state index in [9.17, 15) is 9.00 Å². The second-order valence-corrected chi connectivity index (χ2v) is 10.3. The number of anilines is 1. The number of methoxy groups -OCH3 is 1. The van der Waals surface area contributed by atoms with Crippen LogP contribution >= 0.6 is 0 Å². The van der Waals surface area contributed by atoms with E-state index in [1.807, 2.05) is 18.2 Å². The Labute approximate surface area is 191 Å². The van der Waals surface area contributed by atoms with Gasteiger partial charge in [-0.05, 0) is 49.4 Å². The predicted octanol–water partition coefficient (Wildman–Crippen LogP) is 2.47. The van der Waals surface area contributed by atoms with Gasteiger partial charge in [0, 0.05) is 17.8 Å². The molecule has 0 saturated carbocycles. The Balaban J connectivity index is 1.51. The fraction of sp³-hybridized carbons (Fsp3) is 0.318. The number of ether oxygens (including phenoxy) is 2. The minimum atomic E-state index is -3.55. The van der Waals surface area contributed by atoms with Crippen molar-refractivity contribution in [3.8, 4) is 22.9 Å². The Hall–Kier alpha value is -3.44. The van der Waals surface area contributed by atoms with Crippen LogP contribution in [0.25, 0.3) is 11.1 Å². The minimum Gasteiger partial charge on any atom is -0.481 e. The zero-order valence-corrected chi connectivity index (χ0v) is 19.2. The molecule has 3 aromatic rings. The second kappa shape index (κ2) is 7.29. The number of carbonyl (C=O) groups is 1. The molecule has 2 aromatic heterocycles. The summed E-state index contributed by atoms with van der Waals surface area (Å²) in [7, 11) is -2.00. The summed E-state index contributed by atoms with van der Waals surface area (Å²) in [6, 6.07) is 7.74. The number of aryl methyl sites for hydroxylation is 1. The number of amides is 1. The number of nitrogens with two attached hydrogens (primary N) is 1. The predicted molar refractivity (Wildman–Crippen MR) is 122 cm³/mol. The van der Waals surface area contributed by atoms with E-state index in [4.69, 9.17) is 19.4 Å². The highest BCUT2D eigenvalue weighted by atomic mass is 32.2. The van der Waals surface area contributed by atoms with Crippen LogP contribution in [-0.2, 0) is 33.1 Å². The summed E-state index contributed by atoms with van der Waals surface area (Å²) >= 11 is 0. The van der Waals surface area contributed by atoms with E-state index in [-0.39, 0.29) is 16.7 Å². The van der Waals surface area contributed by atoms with Crippen molar-refractivity contribution in [2.45, 2.75) is 43.2 Å². The number of nitrogens with zero attached hydrogens (tertiary/aromatic N) is 3. The van der Waals surface area contributed by atoms with Crippen molar-refractivity contribution < 1.29 is 18.5 Å². The molecule has 1 aliphatic carbocycles. The highest BCUT2D eigenvalue weighted by Gasteiger charge is 2.49. The largest absolute Gasteiger partial charge is 0.481 e. The molecule has 1 aliphatic heterocycles. The fourth-order valence-electron chi connectivity index (χ4n) is 4.34. The van der Waals surface area contributed by atoms with Crippen molar-refractivity contribution in [3.05, 3.63) is 47.8 Å². The molecule has 0 spiro atoms. The van der Waals surface area contributed by atoms with Gasteiger partial charge in [0.25, 0.3) is 5.91 Å². The maximum atomic E-state index is 13.5. The number of aromatic nitrogens is 3. The second-order valence-electron chi connectivity index (χ2n) is 8.68. The Bertz CT molecular complexity index is 1400. The molecule has 0 bridgehead atoms. The summed E-state index contributed by atoms with van der Waals surface area (Å²) in [5, 5.41) is 12.8. The normalized spacial score (nSPS) is 19.5. The average Bonchev–Trinajstić information content (AvgIpc) is 3.28. The van der Waals surface area contributed by atoms with Gasteiger partial charge in [0.15, 0.2) is 0 Å². The third-order valence-electron chi connectivity index (χ3n) is 6.23. The quantitative estimate of drug-likeness (QED) is 0.524. The number of hydrogen-bond donors (Lipinski definition) is 3. The van der Waals surface area contributed by atoms with Crippen LogP contribution in [0.5, 0.6) is 11.8 Å². The van der Waals surface area contributed by atoms with Gasteiger partial charge in [-0.15, -0.1) is 0 Å².